The standard InChI is InChI=1S/C11H22Si/c1-7-11(5,6)8-9-12-10(2,3)4/h7H,1,8-9H2,2-6H3. The molecule has 0 spiro atoms. The van der Waals surface area contributed by atoms with Gasteiger partial charge in [-0.3, -0.25) is 0 Å². The third kappa shape index (κ3) is 6.65. The Balaban J connectivity index is 3.64. The Morgan fingerprint density at radius 3 is 2.00 bits per heavy atom. The van der Waals surface area contributed by atoms with Crippen molar-refractivity contribution in [2.45, 2.75) is 52.1 Å². The van der Waals surface area contributed by atoms with Crippen LogP contribution in [0.4, 0.5) is 0 Å². The lowest BCUT2D eigenvalue weighted by Crippen LogP contribution is -2.13. The van der Waals surface area contributed by atoms with Gasteiger partial charge in [0.1, 0.15) is 0 Å². The molecule has 0 N–H and O–H groups in total. The second-order valence-electron chi connectivity index (χ2n) is 5.12. The molecule has 0 aliphatic carbocycles. The molecule has 0 heterocycles. The number of allylic oxidation sites excluding steroid dienone is 1. The highest BCUT2D eigenvalue weighted by Crippen LogP contribution is 2.28. The van der Waals surface area contributed by atoms with E-state index in [1.54, 1.807) is 0 Å². The molecular formula is C11H22Si. The topological polar surface area (TPSA) is 0 Å². The minimum atomic E-state index is 0.332. The third-order valence-electron chi connectivity index (χ3n) is 1.98. The van der Waals surface area contributed by atoms with Gasteiger partial charge in [0.15, 0.2) is 0 Å². The quantitative estimate of drug-likeness (QED) is 0.456. The van der Waals surface area contributed by atoms with Gasteiger partial charge in [0.2, 0.25) is 0 Å². The average Bonchev–Trinajstić information content (AvgIpc) is 1.84. The molecule has 0 aromatic rings. The molecule has 0 fully saturated rings. The van der Waals surface area contributed by atoms with Gasteiger partial charge in [-0.05, 0) is 16.9 Å². The molecule has 0 saturated heterocycles. The summed E-state index contributed by atoms with van der Waals surface area (Å²) in [4.78, 5) is 0. The maximum atomic E-state index is 3.85. The van der Waals surface area contributed by atoms with E-state index in [9.17, 15) is 0 Å². The Morgan fingerprint density at radius 1 is 1.17 bits per heavy atom. The van der Waals surface area contributed by atoms with Crippen LogP contribution < -0.4 is 0 Å². The van der Waals surface area contributed by atoms with Crippen molar-refractivity contribution >= 4 is 9.52 Å². The maximum Gasteiger partial charge on any atom is 0.0445 e. The van der Waals surface area contributed by atoms with Crippen molar-refractivity contribution in [1.82, 2.24) is 0 Å². The van der Waals surface area contributed by atoms with Crippen LogP contribution in [0.5, 0.6) is 0 Å². The van der Waals surface area contributed by atoms with Crippen LogP contribution in [0, 0.1) is 5.41 Å². The highest BCUT2D eigenvalue weighted by molar-refractivity contribution is 6.39. The Labute approximate surface area is 80.3 Å². The van der Waals surface area contributed by atoms with Crippen LogP contribution in [-0.2, 0) is 0 Å². The molecule has 0 aliphatic rings. The molecule has 0 rings (SSSR count). The van der Waals surface area contributed by atoms with E-state index in [2.05, 4.69) is 47.3 Å². The van der Waals surface area contributed by atoms with Gasteiger partial charge >= 0.3 is 0 Å². The Bertz CT molecular complexity index is 140. The van der Waals surface area contributed by atoms with E-state index in [1.807, 2.05) is 0 Å². The van der Waals surface area contributed by atoms with Gasteiger partial charge in [0.05, 0.1) is 0 Å². The fourth-order valence-corrected chi connectivity index (χ4v) is 2.38. The van der Waals surface area contributed by atoms with E-state index < -0.39 is 0 Å². The fourth-order valence-electron chi connectivity index (χ4n) is 0.862. The summed E-state index contributed by atoms with van der Waals surface area (Å²) < 4.78 is 0. The second-order valence-corrected chi connectivity index (χ2v) is 7.47. The van der Waals surface area contributed by atoms with Gasteiger partial charge in [-0.1, -0.05) is 46.7 Å². The van der Waals surface area contributed by atoms with Crippen LogP contribution in [-0.4, -0.2) is 9.52 Å². The molecule has 12 heavy (non-hydrogen) atoms. The SMILES string of the molecule is C=CC(C)(C)CC[Si]C(C)(C)C. The summed E-state index contributed by atoms with van der Waals surface area (Å²) in [5, 5.41) is 0.511. The fraction of sp³-hybridized carbons (Fsp3) is 0.818. The van der Waals surface area contributed by atoms with Crippen LogP contribution in [0.1, 0.15) is 41.0 Å². The maximum absolute atomic E-state index is 3.85. The molecule has 2 radical (unpaired) electrons. The van der Waals surface area contributed by atoms with Crippen molar-refractivity contribution in [3.8, 4) is 0 Å². The number of hydrogen-bond donors (Lipinski definition) is 0. The summed E-state index contributed by atoms with van der Waals surface area (Å²) in [5.41, 5.74) is 0.332. The Morgan fingerprint density at radius 2 is 1.67 bits per heavy atom. The first-order chi connectivity index (χ1) is 5.27. The van der Waals surface area contributed by atoms with Gasteiger partial charge in [-0.2, -0.15) is 0 Å². The van der Waals surface area contributed by atoms with Crippen molar-refractivity contribution in [1.29, 1.82) is 0 Å². The van der Waals surface area contributed by atoms with Gasteiger partial charge in [-0.15, -0.1) is 6.58 Å². The first-order valence-electron chi connectivity index (χ1n) is 4.65. The van der Waals surface area contributed by atoms with Gasteiger partial charge < -0.3 is 0 Å². The van der Waals surface area contributed by atoms with Crippen LogP contribution in [0.15, 0.2) is 12.7 Å². The summed E-state index contributed by atoms with van der Waals surface area (Å²) in [7, 11) is 1.07. The lowest BCUT2D eigenvalue weighted by molar-refractivity contribution is 0.460. The molecule has 0 bridgehead atoms. The van der Waals surface area contributed by atoms with E-state index in [0.29, 0.717) is 10.5 Å². The van der Waals surface area contributed by atoms with Crippen molar-refractivity contribution < 1.29 is 0 Å². The highest BCUT2D eigenvalue weighted by atomic mass is 28.2. The predicted molar refractivity (Wildman–Crippen MR) is 58.9 cm³/mol. The molecular weight excluding hydrogens is 160 g/mol. The molecule has 1 heteroatoms. The van der Waals surface area contributed by atoms with Gasteiger partial charge in [0, 0.05) is 9.52 Å². The van der Waals surface area contributed by atoms with Crippen molar-refractivity contribution in [2.75, 3.05) is 0 Å². The minimum Gasteiger partial charge on any atom is -0.103 e. The van der Waals surface area contributed by atoms with Gasteiger partial charge in [-0.25, -0.2) is 0 Å². The van der Waals surface area contributed by atoms with Crippen LogP contribution in [0.25, 0.3) is 0 Å². The van der Waals surface area contributed by atoms with E-state index in [-0.39, 0.29) is 0 Å². The Hall–Kier alpha value is -0.0431. The molecule has 0 unspecified atom stereocenters. The van der Waals surface area contributed by atoms with Crippen LogP contribution >= 0.6 is 0 Å². The number of hydrogen-bond acceptors (Lipinski definition) is 0. The van der Waals surface area contributed by atoms with Crippen LogP contribution in [0.3, 0.4) is 0 Å². The van der Waals surface area contributed by atoms with E-state index >= 15 is 0 Å². The summed E-state index contributed by atoms with van der Waals surface area (Å²) >= 11 is 0. The van der Waals surface area contributed by atoms with E-state index in [4.69, 9.17) is 0 Å². The summed E-state index contributed by atoms with van der Waals surface area (Å²) in [5.74, 6) is 0. The summed E-state index contributed by atoms with van der Waals surface area (Å²) in [6, 6.07) is 1.34. The molecule has 0 saturated carbocycles. The van der Waals surface area contributed by atoms with Crippen molar-refractivity contribution in [3.63, 3.8) is 0 Å². The molecule has 0 amide bonds. The first-order valence-corrected chi connectivity index (χ1v) is 5.86. The Kier molecular flexibility index (Phi) is 4.25. The normalized spacial score (nSPS) is 13.1. The summed E-state index contributed by atoms with van der Waals surface area (Å²) in [6.07, 6.45) is 3.34. The zero-order chi connectivity index (χ0) is 9.83. The monoisotopic (exact) mass is 182 g/mol. The van der Waals surface area contributed by atoms with Crippen molar-refractivity contribution in [2.24, 2.45) is 5.41 Å². The molecule has 0 atom stereocenters. The molecule has 0 aromatic carbocycles. The van der Waals surface area contributed by atoms with Gasteiger partial charge in [0.25, 0.3) is 0 Å². The largest absolute Gasteiger partial charge is 0.103 e. The lowest BCUT2D eigenvalue weighted by Gasteiger charge is -2.22. The molecule has 0 nitrogen and oxygen atoms in total. The second kappa shape index (κ2) is 4.27. The zero-order valence-corrected chi connectivity index (χ0v) is 10.2. The minimum absolute atomic E-state index is 0.332. The average molecular weight is 182 g/mol. The third-order valence-corrected chi connectivity index (χ3v) is 3.54. The molecule has 0 aliphatic heterocycles. The zero-order valence-electron chi connectivity index (χ0n) is 9.20. The first kappa shape index (κ1) is 12.0. The predicted octanol–water partition coefficient (Wildman–Crippen LogP) is 3.93. The molecule has 70 valence electrons. The number of rotatable bonds is 4. The van der Waals surface area contributed by atoms with Crippen molar-refractivity contribution in [3.05, 3.63) is 12.7 Å². The molecule has 0 aromatic heterocycles. The van der Waals surface area contributed by atoms with E-state index in [0.717, 1.165) is 9.52 Å². The smallest absolute Gasteiger partial charge is 0.0445 e. The lowest BCUT2D eigenvalue weighted by atomic mass is 9.91. The highest BCUT2D eigenvalue weighted by Gasteiger charge is 2.16. The summed E-state index contributed by atoms with van der Waals surface area (Å²) in [6.45, 7) is 15.3. The van der Waals surface area contributed by atoms with E-state index in [1.165, 1.54) is 12.5 Å². The van der Waals surface area contributed by atoms with Crippen LogP contribution in [0.2, 0.25) is 11.1 Å².